The van der Waals surface area contributed by atoms with Crippen molar-refractivity contribution >= 4 is 39.6 Å². The number of nitrogens with one attached hydrogen (secondary N) is 2. The molecule has 128 valence electrons. The third-order valence-electron chi connectivity index (χ3n) is 4.13. The fourth-order valence-corrected chi connectivity index (χ4v) is 3.14. The van der Waals surface area contributed by atoms with E-state index in [4.69, 9.17) is 12.2 Å². The maximum atomic E-state index is 5.35. The van der Waals surface area contributed by atoms with Crippen LogP contribution in [-0.2, 0) is 6.54 Å². The molecule has 0 spiro atoms. The number of aromatic nitrogens is 2. The first-order valence-electron chi connectivity index (χ1n) is 8.41. The first-order valence-corrected chi connectivity index (χ1v) is 8.82. The minimum atomic E-state index is 0.520. The Morgan fingerprint density at radius 3 is 2.50 bits per heavy atom. The van der Waals surface area contributed by atoms with E-state index in [1.54, 1.807) is 0 Å². The Labute approximate surface area is 157 Å². The van der Waals surface area contributed by atoms with Gasteiger partial charge in [0.2, 0.25) is 0 Å². The van der Waals surface area contributed by atoms with E-state index in [9.17, 15) is 0 Å². The zero-order chi connectivity index (χ0) is 17.8. The molecule has 0 bridgehead atoms. The Morgan fingerprint density at radius 1 is 0.846 bits per heavy atom. The van der Waals surface area contributed by atoms with Gasteiger partial charge >= 0.3 is 0 Å². The van der Waals surface area contributed by atoms with Gasteiger partial charge in [0, 0.05) is 18.0 Å². The number of anilines is 2. The van der Waals surface area contributed by atoms with E-state index in [0.29, 0.717) is 11.7 Å². The van der Waals surface area contributed by atoms with Gasteiger partial charge in [0.1, 0.15) is 0 Å². The van der Waals surface area contributed by atoms with Crippen molar-refractivity contribution in [2.45, 2.75) is 6.54 Å². The summed E-state index contributed by atoms with van der Waals surface area (Å²) in [6.07, 6.45) is 1.95. The number of benzene rings is 3. The number of para-hydroxylation sites is 1. The normalized spacial score (nSPS) is 10.6. The topological polar surface area (TPSA) is 41.9 Å². The minimum absolute atomic E-state index is 0.520. The van der Waals surface area contributed by atoms with Gasteiger partial charge < -0.3 is 10.6 Å². The summed E-state index contributed by atoms with van der Waals surface area (Å²) < 4.78 is 1.91. The summed E-state index contributed by atoms with van der Waals surface area (Å²) in [5.41, 5.74) is 2.18. The monoisotopic (exact) mass is 358 g/mol. The number of fused-ring (bicyclic) bond motifs is 1. The summed E-state index contributed by atoms with van der Waals surface area (Å²) in [6, 6.07) is 26.5. The van der Waals surface area contributed by atoms with Crippen LogP contribution in [0.3, 0.4) is 0 Å². The van der Waals surface area contributed by atoms with Crippen molar-refractivity contribution in [2.75, 3.05) is 10.6 Å². The molecule has 0 saturated heterocycles. The molecular weight excluding hydrogens is 340 g/mol. The number of hydrogen-bond donors (Lipinski definition) is 2. The average molecular weight is 358 g/mol. The molecule has 0 unspecified atom stereocenters. The summed E-state index contributed by atoms with van der Waals surface area (Å²) in [5.74, 6) is 0.721. The van der Waals surface area contributed by atoms with Crippen LogP contribution < -0.4 is 10.6 Å². The van der Waals surface area contributed by atoms with Gasteiger partial charge in [0.25, 0.3) is 0 Å². The molecule has 1 heterocycles. The second kappa shape index (κ2) is 7.37. The van der Waals surface area contributed by atoms with Crippen molar-refractivity contribution in [3.05, 3.63) is 90.6 Å². The van der Waals surface area contributed by atoms with Crippen LogP contribution in [0.25, 0.3) is 10.8 Å². The lowest BCUT2D eigenvalue weighted by Crippen LogP contribution is -2.19. The Balaban J connectivity index is 1.45. The number of thiocarbonyl (C=S) groups is 1. The molecule has 4 rings (SSSR count). The van der Waals surface area contributed by atoms with Crippen LogP contribution in [0.2, 0.25) is 0 Å². The summed E-state index contributed by atoms with van der Waals surface area (Å²) in [7, 11) is 0. The molecule has 0 saturated carbocycles. The van der Waals surface area contributed by atoms with E-state index in [-0.39, 0.29) is 0 Å². The van der Waals surface area contributed by atoms with E-state index in [1.807, 2.05) is 47.3 Å². The van der Waals surface area contributed by atoms with Crippen molar-refractivity contribution in [1.29, 1.82) is 0 Å². The Hall–Kier alpha value is -3.18. The predicted octanol–water partition coefficient (Wildman–Crippen LogP) is 4.89. The lowest BCUT2D eigenvalue weighted by molar-refractivity contribution is 0.693. The van der Waals surface area contributed by atoms with Crippen molar-refractivity contribution in [3.8, 4) is 0 Å². The Morgan fingerprint density at radius 2 is 1.62 bits per heavy atom. The van der Waals surface area contributed by atoms with Gasteiger partial charge in [-0.15, -0.1) is 0 Å². The van der Waals surface area contributed by atoms with E-state index in [2.05, 4.69) is 58.2 Å². The largest absolute Gasteiger partial charge is 0.332 e. The second-order valence-corrected chi connectivity index (χ2v) is 6.39. The van der Waals surface area contributed by atoms with Crippen LogP contribution in [0.5, 0.6) is 0 Å². The highest BCUT2D eigenvalue weighted by molar-refractivity contribution is 7.80. The van der Waals surface area contributed by atoms with Gasteiger partial charge in [-0.1, -0.05) is 60.7 Å². The summed E-state index contributed by atoms with van der Waals surface area (Å²) >= 11 is 5.35. The molecule has 0 aliphatic rings. The average Bonchev–Trinajstić information content (AvgIpc) is 3.09. The highest BCUT2D eigenvalue weighted by Gasteiger charge is 2.05. The van der Waals surface area contributed by atoms with Crippen LogP contribution >= 0.6 is 12.2 Å². The van der Waals surface area contributed by atoms with Crippen LogP contribution in [0.1, 0.15) is 5.56 Å². The fraction of sp³-hybridized carbons (Fsp3) is 0.0476. The predicted molar refractivity (Wildman–Crippen MR) is 112 cm³/mol. The second-order valence-electron chi connectivity index (χ2n) is 5.98. The van der Waals surface area contributed by atoms with Gasteiger partial charge in [-0.2, -0.15) is 5.10 Å². The quantitative estimate of drug-likeness (QED) is 0.510. The fourth-order valence-electron chi connectivity index (χ4n) is 2.92. The molecule has 1 aromatic heterocycles. The summed E-state index contributed by atoms with van der Waals surface area (Å²) in [6.45, 7) is 0.710. The van der Waals surface area contributed by atoms with Gasteiger partial charge in [0.05, 0.1) is 6.54 Å². The number of hydrogen-bond acceptors (Lipinski definition) is 2. The standard InChI is InChI=1S/C21H18N4S/c26-21(22-18-10-2-1-3-11-18)23-20-13-14-25(24-20)15-17-9-6-8-16-7-4-5-12-19(16)17/h1-14H,15H2,(H2,22,23,24,26). The SMILES string of the molecule is S=C(Nc1ccccc1)Nc1ccn(Cc2cccc3ccccc23)n1. The highest BCUT2D eigenvalue weighted by atomic mass is 32.1. The van der Waals surface area contributed by atoms with E-state index in [1.165, 1.54) is 16.3 Å². The van der Waals surface area contributed by atoms with E-state index in [0.717, 1.165) is 11.5 Å². The number of rotatable bonds is 4. The smallest absolute Gasteiger partial charge is 0.176 e. The zero-order valence-electron chi connectivity index (χ0n) is 14.1. The molecule has 0 aliphatic carbocycles. The number of nitrogens with zero attached hydrogens (tertiary/aromatic N) is 2. The van der Waals surface area contributed by atoms with Crippen molar-refractivity contribution < 1.29 is 0 Å². The first kappa shape index (κ1) is 16.3. The molecule has 0 radical (unpaired) electrons. The molecule has 2 N–H and O–H groups in total. The van der Waals surface area contributed by atoms with E-state index >= 15 is 0 Å². The molecule has 4 nitrogen and oxygen atoms in total. The van der Waals surface area contributed by atoms with Crippen LogP contribution in [0.4, 0.5) is 11.5 Å². The van der Waals surface area contributed by atoms with Gasteiger partial charge in [0.15, 0.2) is 10.9 Å². The van der Waals surface area contributed by atoms with Crippen LogP contribution in [0.15, 0.2) is 85.1 Å². The zero-order valence-corrected chi connectivity index (χ0v) is 14.9. The van der Waals surface area contributed by atoms with Crippen molar-refractivity contribution in [2.24, 2.45) is 0 Å². The maximum Gasteiger partial charge on any atom is 0.176 e. The molecule has 26 heavy (non-hydrogen) atoms. The first-order chi connectivity index (χ1) is 12.8. The van der Waals surface area contributed by atoms with Crippen molar-refractivity contribution in [1.82, 2.24) is 9.78 Å². The lowest BCUT2D eigenvalue weighted by Gasteiger charge is -2.09. The molecule has 0 fully saturated rings. The minimum Gasteiger partial charge on any atom is -0.332 e. The van der Waals surface area contributed by atoms with Gasteiger partial charge in [-0.05, 0) is 40.7 Å². The molecule has 4 aromatic rings. The van der Waals surface area contributed by atoms with Gasteiger partial charge in [-0.3, -0.25) is 4.68 Å². The maximum absolute atomic E-state index is 5.35. The molecular formula is C21H18N4S. The molecule has 0 amide bonds. The summed E-state index contributed by atoms with van der Waals surface area (Å²) in [4.78, 5) is 0. The Bertz CT molecular complexity index is 1030. The molecule has 0 aliphatic heterocycles. The molecule has 3 aromatic carbocycles. The third-order valence-corrected chi connectivity index (χ3v) is 4.33. The Kier molecular flexibility index (Phi) is 4.62. The van der Waals surface area contributed by atoms with Crippen LogP contribution in [0, 0.1) is 0 Å². The molecule has 5 heteroatoms. The highest BCUT2D eigenvalue weighted by Crippen LogP contribution is 2.19. The van der Waals surface area contributed by atoms with E-state index < -0.39 is 0 Å². The third kappa shape index (κ3) is 3.73. The van der Waals surface area contributed by atoms with Crippen LogP contribution in [-0.4, -0.2) is 14.9 Å². The van der Waals surface area contributed by atoms with Gasteiger partial charge in [-0.25, -0.2) is 0 Å². The lowest BCUT2D eigenvalue weighted by atomic mass is 10.0. The van der Waals surface area contributed by atoms with Crippen molar-refractivity contribution in [3.63, 3.8) is 0 Å². The summed E-state index contributed by atoms with van der Waals surface area (Å²) in [5, 5.41) is 13.8. The molecule has 0 atom stereocenters.